The number of nitrogens with one attached hydrogen (secondary N) is 1. The first-order chi connectivity index (χ1) is 14.7. The lowest BCUT2D eigenvalue weighted by molar-refractivity contribution is -0.137. The number of aryl methyl sites for hydroxylation is 1. The summed E-state index contributed by atoms with van der Waals surface area (Å²) in [4.78, 5) is 16.6. The van der Waals surface area contributed by atoms with Crippen LogP contribution in [0.4, 0.5) is 24.5 Å². The van der Waals surface area contributed by atoms with E-state index < -0.39 is 22.8 Å². The average Bonchev–Trinajstić information content (AvgIpc) is 2.94. The van der Waals surface area contributed by atoms with Gasteiger partial charge in [0.1, 0.15) is 5.54 Å². The largest absolute Gasteiger partial charge is 0.417 e. The van der Waals surface area contributed by atoms with E-state index in [1.807, 2.05) is 31.2 Å². The number of benzene rings is 2. The molecule has 31 heavy (non-hydrogen) atoms. The first-order valence-electron chi connectivity index (χ1n) is 9.76. The number of carbonyl (C=O) groups is 1. The van der Waals surface area contributed by atoms with Gasteiger partial charge in [-0.15, -0.1) is 0 Å². The predicted octanol–water partition coefficient (Wildman–Crippen LogP) is 4.15. The maximum atomic E-state index is 13.7. The van der Waals surface area contributed by atoms with Crippen molar-refractivity contribution in [1.82, 2.24) is 5.32 Å². The second kappa shape index (κ2) is 7.62. The zero-order chi connectivity index (χ0) is 22.4. The van der Waals surface area contributed by atoms with Gasteiger partial charge in [-0.25, -0.2) is 0 Å². The molecule has 2 fully saturated rings. The highest BCUT2D eigenvalue weighted by atomic mass is 32.1. The zero-order valence-corrected chi connectivity index (χ0v) is 17.5. The third-order valence-corrected chi connectivity index (χ3v) is 6.19. The second-order valence-corrected chi connectivity index (χ2v) is 8.08. The van der Waals surface area contributed by atoms with Gasteiger partial charge >= 0.3 is 6.18 Å². The molecule has 1 spiro atoms. The summed E-state index contributed by atoms with van der Waals surface area (Å²) in [5, 5.41) is 12.4. The van der Waals surface area contributed by atoms with E-state index in [9.17, 15) is 18.0 Å². The molecule has 0 aliphatic carbocycles. The summed E-state index contributed by atoms with van der Waals surface area (Å²) < 4.78 is 40.6. The van der Waals surface area contributed by atoms with Crippen molar-refractivity contribution in [2.24, 2.45) is 0 Å². The fraction of sp³-hybridized carbons (Fsp3) is 0.318. The highest BCUT2D eigenvalue weighted by Crippen LogP contribution is 2.43. The van der Waals surface area contributed by atoms with Gasteiger partial charge in [-0.3, -0.25) is 9.69 Å². The first-order valence-corrected chi connectivity index (χ1v) is 10.2. The van der Waals surface area contributed by atoms with Crippen LogP contribution in [0.25, 0.3) is 0 Å². The third kappa shape index (κ3) is 3.46. The van der Waals surface area contributed by atoms with Crippen molar-refractivity contribution in [1.29, 1.82) is 5.26 Å². The Bertz CT molecular complexity index is 1090. The Kier molecular flexibility index (Phi) is 5.23. The summed E-state index contributed by atoms with van der Waals surface area (Å²) in [6.07, 6.45) is -3.79. The van der Waals surface area contributed by atoms with Gasteiger partial charge in [0.2, 0.25) is 0 Å². The van der Waals surface area contributed by atoms with E-state index in [1.54, 1.807) is 11.0 Å². The van der Waals surface area contributed by atoms with E-state index in [0.29, 0.717) is 25.9 Å². The Morgan fingerprint density at radius 2 is 1.71 bits per heavy atom. The van der Waals surface area contributed by atoms with Gasteiger partial charge in [-0.2, -0.15) is 18.4 Å². The topological polar surface area (TPSA) is 59.4 Å². The molecule has 2 aliphatic heterocycles. The van der Waals surface area contributed by atoms with Gasteiger partial charge < -0.3 is 10.2 Å². The van der Waals surface area contributed by atoms with Crippen LogP contribution in [0.15, 0.2) is 42.5 Å². The lowest BCUT2D eigenvalue weighted by Crippen LogP contribution is -2.56. The first kappa shape index (κ1) is 21.3. The van der Waals surface area contributed by atoms with Crippen LogP contribution in [0.1, 0.15) is 29.5 Å². The number of piperidine rings is 1. The molecule has 9 heteroatoms. The molecule has 1 N–H and O–H groups in total. The monoisotopic (exact) mass is 444 g/mol. The summed E-state index contributed by atoms with van der Waals surface area (Å²) in [5.74, 6) is -0.350. The number of nitrogens with zero attached hydrogens (tertiary/aromatic N) is 3. The van der Waals surface area contributed by atoms with Crippen LogP contribution in [0.3, 0.4) is 0 Å². The molecular weight excluding hydrogens is 425 g/mol. The molecule has 4 rings (SSSR count). The summed E-state index contributed by atoms with van der Waals surface area (Å²) in [5.41, 5.74) is -0.786. The van der Waals surface area contributed by atoms with Gasteiger partial charge in [0.05, 0.1) is 22.9 Å². The summed E-state index contributed by atoms with van der Waals surface area (Å²) in [6.45, 7) is 3.12. The molecule has 0 bridgehead atoms. The van der Waals surface area contributed by atoms with Crippen molar-refractivity contribution >= 4 is 34.6 Å². The Balaban J connectivity index is 1.85. The molecule has 0 saturated carbocycles. The second-order valence-electron chi connectivity index (χ2n) is 7.72. The van der Waals surface area contributed by atoms with E-state index in [4.69, 9.17) is 17.5 Å². The normalized spacial score (nSPS) is 18.5. The standard InChI is InChI=1S/C22H19F3N4OS/c1-14-2-5-16(6-3-14)29-20(31)28(19(30)21(29)8-10-27-11-9-21)17-7-4-15(13-26)18(12-17)22(23,24)25/h2-7,12,27H,8-11H2,1H3. The fourth-order valence-corrected chi connectivity index (χ4v) is 4.70. The van der Waals surface area contributed by atoms with Crippen LogP contribution in [0.5, 0.6) is 0 Å². The Morgan fingerprint density at radius 1 is 1.10 bits per heavy atom. The highest BCUT2D eigenvalue weighted by Gasteiger charge is 2.56. The van der Waals surface area contributed by atoms with Crippen LogP contribution >= 0.6 is 12.2 Å². The lowest BCUT2D eigenvalue weighted by Gasteiger charge is -2.39. The number of thiocarbonyl (C=S) groups is 1. The quantitative estimate of drug-likeness (QED) is 0.706. The molecule has 2 aliphatic rings. The Morgan fingerprint density at radius 3 is 2.29 bits per heavy atom. The maximum absolute atomic E-state index is 13.7. The molecule has 0 aromatic heterocycles. The van der Waals surface area contributed by atoms with Gasteiger partial charge in [0.25, 0.3) is 5.91 Å². The maximum Gasteiger partial charge on any atom is 0.417 e. The molecule has 0 unspecified atom stereocenters. The molecule has 0 atom stereocenters. The minimum absolute atomic E-state index is 0.00819. The summed E-state index contributed by atoms with van der Waals surface area (Å²) in [7, 11) is 0. The summed E-state index contributed by atoms with van der Waals surface area (Å²) in [6, 6.07) is 12.4. The number of hydrogen-bond donors (Lipinski definition) is 1. The van der Waals surface area contributed by atoms with E-state index >= 15 is 0 Å². The molecule has 2 saturated heterocycles. The smallest absolute Gasteiger partial charge is 0.317 e. The van der Waals surface area contributed by atoms with Crippen molar-refractivity contribution in [3.05, 3.63) is 59.2 Å². The fourth-order valence-electron chi connectivity index (χ4n) is 4.23. The minimum atomic E-state index is -4.73. The van der Waals surface area contributed by atoms with Crippen molar-refractivity contribution in [3.8, 4) is 6.07 Å². The van der Waals surface area contributed by atoms with Gasteiger partial charge in [-0.05, 0) is 75.4 Å². The van der Waals surface area contributed by atoms with E-state index in [0.717, 1.165) is 23.4 Å². The number of carbonyl (C=O) groups excluding carboxylic acids is 1. The number of halogens is 3. The Hall–Kier alpha value is -2.96. The zero-order valence-electron chi connectivity index (χ0n) is 16.7. The van der Waals surface area contributed by atoms with Crippen molar-refractivity contribution in [3.63, 3.8) is 0 Å². The predicted molar refractivity (Wildman–Crippen MR) is 115 cm³/mol. The van der Waals surface area contributed by atoms with E-state index in [1.165, 1.54) is 11.0 Å². The number of amides is 1. The van der Waals surface area contributed by atoms with Crippen LogP contribution < -0.4 is 15.1 Å². The number of nitriles is 1. The van der Waals surface area contributed by atoms with Crippen LogP contribution in [0, 0.1) is 18.3 Å². The van der Waals surface area contributed by atoms with Gasteiger partial charge in [0, 0.05) is 5.69 Å². The number of alkyl halides is 3. The number of rotatable bonds is 2. The molecule has 2 aromatic rings. The van der Waals surface area contributed by atoms with Crippen LogP contribution in [-0.2, 0) is 11.0 Å². The van der Waals surface area contributed by atoms with Crippen LogP contribution in [-0.4, -0.2) is 29.6 Å². The third-order valence-electron chi connectivity index (χ3n) is 5.82. The van der Waals surface area contributed by atoms with Crippen molar-refractivity contribution in [2.45, 2.75) is 31.5 Å². The molecular formula is C22H19F3N4OS. The highest BCUT2D eigenvalue weighted by molar-refractivity contribution is 7.81. The van der Waals surface area contributed by atoms with Gasteiger partial charge in [0.15, 0.2) is 5.11 Å². The molecule has 0 radical (unpaired) electrons. The molecule has 160 valence electrons. The molecule has 2 heterocycles. The molecule has 2 aromatic carbocycles. The summed E-state index contributed by atoms with van der Waals surface area (Å²) >= 11 is 5.65. The lowest BCUT2D eigenvalue weighted by atomic mass is 9.86. The average molecular weight is 444 g/mol. The van der Waals surface area contributed by atoms with Crippen LogP contribution in [0.2, 0.25) is 0 Å². The van der Waals surface area contributed by atoms with E-state index in [-0.39, 0.29) is 16.7 Å². The number of anilines is 2. The van der Waals surface area contributed by atoms with Crippen molar-refractivity contribution in [2.75, 3.05) is 22.9 Å². The van der Waals surface area contributed by atoms with E-state index in [2.05, 4.69) is 5.32 Å². The van der Waals surface area contributed by atoms with Gasteiger partial charge in [-0.1, -0.05) is 17.7 Å². The molecule has 5 nitrogen and oxygen atoms in total. The number of hydrogen-bond acceptors (Lipinski definition) is 4. The SMILES string of the molecule is Cc1ccc(N2C(=S)N(c3ccc(C#N)c(C(F)(F)F)c3)C(=O)C23CCNCC3)cc1. The van der Waals surface area contributed by atoms with Crippen molar-refractivity contribution < 1.29 is 18.0 Å². The molecule has 1 amide bonds. The Labute approximate surface area is 183 Å². The minimum Gasteiger partial charge on any atom is -0.317 e.